The van der Waals surface area contributed by atoms with E-state index in [1.807, 2.05) is 48.1 Å². The smallest absolute Gasteiger partial charge is 0.275 e. The standard InChI is InChI=1S/C19H18IN5O3/c1-11-13(20)9-24(22-11)16(12-6-4-3-5-7-12)14-10-23(2)19(28)17-18(27)15(26)8-21-25(14)17/h3-9,14,16,27H,10H2,1-2H3. The summed E-state index contributed by atoms with van der Waals surface area (Å²) < 4.78 is 4.34. The van der Waals surface area contributed by atoms with E-state index < -0.39 is 17.1 Å². The molecule has 0 saturated heterocycles. The predicted octanol–water partition coefficient (Wildman–Crippen LogP) is 1.97. The van der Waals surface area contributed by atoms with Crippen LogP contribution in [0.2, 0.25) is 0 Å². The number of aromatic hydroxyl groups is 1. The third-order valence-electron chi connectivity index (χ3n) is 4.96. The van der Waals surface area contributed by atoms with Gasteiger partial charge in [-0.05, 0) is 35.1 Å². The van der Waals surface area contributed by atoms with Gasteiger partial charge in [-0.3, -0.25) is 14.3 Å². The highest BCUT2D eigenvalue weighted by molar-refractivity contribution is 14.1. The zero-order chi connectivity index (χ0) is 20.0. The zero-order valence-corrected chi connectivity index (χ0v) is 17.4. The zero-order valence-electron chi connectivity index (χ0n) is 15.3. The van der Waals surface area contributed by atoms with E-state index in [2.05, 4.69) is 32.8 Å². The van der Waals surface area contributed by atoms with E-state index in [1.54, 1.807) is 7.05 Å². The Balaban J connectivity index is 1.95. The lowest BCUT2D eigenvalue weighted by molar-refractivity contribution is 0.0667. The summed E-state index contributed by atoms with van der Waals surface area (Å²) in [7, 11) is 1.65. The van der Waals surface area contributed by atoms with Crippen LogP contribution in [-0.2, 0) is 0 Å². The number of hydrogen-bond acceptors (Lipinski definition) is 5. The molecule has 0 saturated carbocycles. The van der Waals surface area contributed by atoms with Crippen molar-refractivity contribution < 1.29 is 9.90 Å². The summed E-state index contributed by atoms with van der Waals surface area (Å²) in [6.45, 7) is 2.29. The minimum absolute atomic E-state index is 0.0919. The second-order valence-electron chi connectivity index (χ2n) is 6.80. The molecule has 1 aliphatic heterocycles. The summed E-state index contributed by atoms with van der Waals surface area (Å²) in [6.07, 6.45) is 3.00. The Morgan fingerprint density at radius 3 is 2.61 bits per heavy atom. The molecule has 0 spiro atoms. The van der Waals surface area contributed by atoms with Crippen molar-refractivity contribution in [1.29, 1.82) is 0 Å². The van der Waals surface area contributed by atoms with Crippen molar-refractivity contribution in [1.82, 2.24) is 24.5 Å². The summed E-state index contributed by atoms with van der Waals surface area (Å²) in [6, 6.07) is 9.16. The molecule has 0 aliphatic carbocycles. The number of halogens is 1. The van der Waals surface area contributed by atoms with Crippen LogP contribution in [0.25, 0.3) is 0 Å². The molecule has 1 aliphatic rings. The summed E-state index contributed by atoms with van der Waals surface area (Å²) in [4.78, 5) is 26.0. The summed E-state index contributed by atoms with van der Waals surface area (Å²) in [5.41, 5.74) is 1.12. The number of carbonyl (C=O) groups is 1. The quantitative estimate of drug-likeness (QED) is 0.566. The molecule has 0 radical (unpaired) electrons. The molecule has 9 heteroatoms. The topological polar surface area (TPSA) is 93.2 Å². The first kappa shape index (κ1) is 18.7. The number of hydrogen-bond donors (Lipinski definition) is 1. The van der Waals surface area contributed by atoms with Gasteiger partial charge in [-0.2, -0.15) is 10.2 Å². The number of amides is 1. The van der Waals surface area contributed by atoms with Crippen molar-refractivity contribution in [3.8, 4) is 5.75 Å². The van der Waals surface area contributed by atoms with Gasteiger partial charge in [0.15, 0.2) is 11.4 Å². The number of fused-ring (bicyclic) bond motifs is 1. The number of rotatable bonds is 3. The fourth-order valence-corrected chi connectivity index (χ4v) is 3.96. The molecule has 1 aromatic carbocycles. The Hall–Kier alpha value is -2.69. The van der Waals surface area contributed by atoms with Gasteiger partial charge >= 0.3 is 0 Å². The van der Waals surface area contributed by atoms with Gasteiger partial charge in [-0.15, -0.1) is 0 Å². The molecule has 3 heterocycles. The lowest BCUT2D eigenvalue weighted by atomic mass is 9.97. The highest BCUT2D eigenvalue weighted by Gasteiger charge is 2.38. The molecule has 0 bridgehead atoms. The van der Waals surface area contributed by atoms with Crippen LogP contribution in [0, 0.1) is 10.5 Å². The largest absolute Gasteiger partial charge is 0.502 e. The van der Waals surface area contributed by atoms with Gasteiger partial charge in [0.25, 0.3) is 5.91 Å². The normalized spacial score (nSPS) is 17.5. The second-order valence-corrected chi connectivity index (χ2v) is 7.96. The maximum absolute atomic E-state index is 12.6. The predicted molar refractivity (Wildman–Crippen MR) is 110 cm³/mol. The lowest BCUT2D eigenvalue weighted by Crippen LogP contribution is -2.46. The number of likely N-dealkylation sites (N-methyl/N-ethyl adjacent to an activating group) is 1. The van der Waals surface area contributed by atoms with E-state index in [4.69, 9.17) is 0 Å². The molecule has 144 valence electrons. The van der Waals surface area contributed by atoms with Crippen LogP contribution < -0.4 is 5.43 Å². The van der Waals surface area contributed by atoms with Crippen LogP contribution in [0.3, 0.4) is 0 Å². The molecular formula is C19H18IN5O3. The van der Waals surface area contributed by atoms with Gasteiger partial charge in [0, 0.05) is 19.8 Å². The highest BCUT2D eigenvalue weighted by atomic mass is 127. The van der Waals surface area contributed by atoms with Crippen molar-refractivity contribution in [3.05, 3.63) is 73.5 Å². The van der Waals surface area contributed by atoms with Crippen LogP contribution in [0.4, 0.5) is 0 Å². The summed E-state index contributed by atoms with van der Waals surface area (Å²) in [5.74, 6) is -1.01. The number of nitrogens with zero attached hydrogens (tertiary/aromatic N) is 5. The molecule has 3 aromatic rings. The van der Waals surface area contributed by atoms with Gasteiger partial charge < -0.3 is 10.0 Å². The van der Waals surface area contributed by atoms with Crippen LogP contribution in [0.15, 0.2) is 47.5 Å². The van der Waals surface area contributed by atoms with Gasteiger partial charge in [0.1, 0.15) is 6.04 Å². The van der Waals surface area contributed by atoms with Crippen molar-refractivity contribution in [2.24, 2.45) is 0 Å². The fraction of sp³-hybridized carbons (Fsp3) is 0.263. The molecule has 2 aromatic heterocycles. The first-order valence-corrected chi connectivity index (χ1v) is 9.78. The van der Waals surface area contributed by atoms with E-state index in [-0.39, 0.29) is 17.8 Å². The minimum atomic E-state index is -0.672. The van der Waals surface area contributed by atoms with E-state index >= 15 is 0 Å². The number of benzene rings is 1. The Bertz CT molecular complexity index is 1090. The van der Waals surface area contributed by atoms with Crippen molar-refractivity contribution in [3.63, 3.8) is 0 Å². The van der Waals surface area contributed by atoms with E-state index in [0.29, 0.717) is 6.54 Å². The monoisotopic (exact) mass is 491 g/mol. The first-order chi connectivity index (χ1) is 13.4. The third kappa shape index (κ3) is 2.99. The van der Waals surface area contributed by atoms with E-state index in [0.717, 1.165) is 21.0 Å². The van der Waals surface area contributed by atoms with E-state index in [9.17, 15) is 14.7 Å². The van der Waals surface area contributed by atoms with Gasteiger partial charge in [0.05, 0.1) is 21.5 Å². The lowest BCUT2D eigenvalue weighted by Gasteiger charge is -2.37. The van der Waals surface area contributed by atoms with Crippen LogP contribution >= 0.6 is 22.6 Å². The Kier molecular flexibility index (Phi) is 4.69. The molecule has 4 rings (SSSR count). The van der Waals surface area contributed by atoms with Crippen LogP contribution in [0.5, 0.6) is 5.75 Å². The number of aryl methyl sites for hydroxylation is 1. The average molecular weight is 491 g/mol. The molecule has 0 fully saturated rings. The van der Waals surface area contributed by atoms with Gasteiger partial charge in [0.2, 0.25) is 5.43 Å². The first-order valence-electron chi connectivity index (χ1n) is 8.71. The average Bonchev–Trinajstić information content (AvgIpc) is 3.01. The highest BCUT2D eigenvalue weighted by Crippen LogP contribution is 2.35. The second kappa shape index (κ2) is 7.04. The molecule has 2 unspecified atom stereocenters. The SMILES string of the molecule is Cc1nn(C(c2ccccc2)C2CN(C)C(=O)c3c(O)c(=O)cnn32)cc1I. The molecule has 1 amide bonds. The summed E-state index contributed by atoms with van der Waals surface area (Å²) in [5, 5.41) is 19.1. The van der Waals surface area contributed by atoms with Gasteiger partial charge in [-0.25, -0.2) is 4.68 Å². The van der Waals surface area contributed by atoms with Crippen LogP contribution in [-0.4, -0.2) is 49.1 Å². The Morgan fingerprint density at radius 1 is 1.25 bits per heavy atom. The fourth-order valence-electron chi connectivity index (χ4n) is 3.57. The maximum Gasteiger partial charge on any atom is 0.275 e. The molecule has 1 N–H and O–H groups in total. The summed E-state index contributed by atoms with van der Waals surface area (Å²) >= 11 is 2.23. The molecule has 8 nitrogen and oxygen atoms in total. The number of aromatic nitrogens is 4. The molecular weight excluding hydrogens is 473 g/mol. The maximum atomic E-state index is 12.6. The van der Waals surface area contributed by atoms with Crippen molar-refractivity contribution in [2.75, 3.05) is 13.6 Å². The third-order valence-corrected chi connectivity index (χ3v) is 6.02. The Labute approximate surface area is 174 Å². The van der Waals surface area contributed by atoms with E-state index in [1.165, 1.54) is 9.58 Å². The van der Waals surface area contributed by atoms with Crippen molar-refractivity contribution in [2.45, 2.75) is 19.0 Å². The van der Waals surface area contributed by atoms with Gasteiger partial charge in [-0.1, -0.05) is 30.3 Å². The van der Waals surface area contributed by atoms with Crippen LogP contribution in [0.1, 0.15) is 33.8 Å². The van der Waals surface area contributed by atoms with Crippen molar-refractivity contribution >= 4 is 28.5 Å². The Morgan fingerprint density at radius 2 is 1.96 bits per heavy atom. The minimum Gasteiger partial charge on any atom is -0.502 e. The molecule has 2 atom stereocenters. The number of carbonyl (C=O) groups excluding carboxylic acids is 1. The molecule has 28 heavy (non-hydrogen) atoms.